The average Bonchev–Trinajstić information content (AvgIpc) is 2.54. The van der Waals surface area contributed by atoms with Crippen molar-refractivity contribution in [2.45, 2.75) is 13.8 Å². The topological polar surface area (TPSA) is 65.0 Å². The molecule has 0 aliphatic rings. The van der Waals surface area contributed by atoms with E-state index in [2.05, 4.69) is 4.99 Å². The van der Waals surface area contributed by atoms with Crippen LogP contribution >= 0.6 is 0 Å². The third-order valence-electron chi connectivity index (χ3n) is 2.87. The highest BCUT2D eigenvalue weighted by molar-refractivity contribution is 5.94. The zero-order valence-corrected chi connectivity index (χ0v) is 13.0. The van der Waals surface area contributed by atoms with Gasteiger partial charge in [-0.05, 0) is 30.7 Å². The molecular weight excluding hydrogens is 294 g/mol. The number of esters is 2. The fraction of sp³-hybridized carbons (Fsp3) is 0.167. The maximum atomic E-state index is 12.0. The van der Waals surface area contributed by atoms with E-state index in [0.29, 0.717) is 5.69 Å². The molecule has 0 aliphatic heterocycles. The predicted molar refractivity (Wildman–Crippen MR) is 87.4 cm³/mol. The van der Waals surface area contributed by atoms with E-state index in [1.165, 1.54) is 19.1 Å². The van der Waals surface area contributed by atoms with Gasteiger partial charge in [-0.15, -0.1) is 0 Å². The standard InChI is InChI=1S/C18H17NO4/c1-3-22-18(21)16-11-15(9-10-17(16)23-13(2)20)19-12-14-7-5-4-6-8-14/h4-12H,3H2,1-2H3/b19-12+. The fourth-order valence-electron chi connectivity index (χ4n) is 1.90. The van der Waals surface area contributed by atoms with Gasteiger partial charge < -0.3 is 9.47 Å². The van der Waals surface area contributed by atoms with E-state index in [-0.39, 0.29) is 17.9 Å². The van der Waals surface area contributed by atoms with Crippen molar-refractivity contribution in [3.8, 4) is 5.75 Å². The normalized spacial score (nSPS) is 10.5. The van der Waals surface area contributed by atoms with Crippen molar-refractivity contribution in [2.24, 2.45) is 4.99 Å². The third kappa shape index (κ3) is 4.78. The highest BCUT2D eigenvalue weighted by Crippen LogP contribution is 2.25. The lowest BCUT2D eigenvalue weighted by atomic mass is 10.1. The van der Waals surface area contributed by atoms with E-state index in [1.807, 2.05) is 30.3 Å². The maximum Gasteiger partial charge on any atom is 0.342 e. The first-order valence-corrected chi connectivity index (χ1v) is 7.19. The zero-order valence-electron chi connectivity index (χ0n) is 13.0. The van der Waals surface area contributed by atoms with Gasteiger partial charge in [-0.2, -0.15) is 0 Å². The van der Waals surface area contributed by atoms with E-state index in [4.69, 9.17) is 9.47 Å². The molecule has 0 heterocycles. The Morgan fingerprint density at radius 2 is 1.87 bits per heavy atom. The summed E-state index contributed by atoms with van der Waals surface area (Å²) in [7, 11) is 0. The molecule has 23 heavy (non-hydrogen) atoms. The molecule has 5 heteroatoms. The van der Waals surface area contributed by atoms with Crippen LogP contribution in [0.25, 0.3) is 0 Å². The van der Waals surface area contributed by atoms with Gasteiger partial charge in [0.2, 0.25) is 0 Å². The zero-order chi connectivity index (χ0) is 16.7. The molecule has 0 atom stereocenters. The van der Waals surface area contributed by atoms with Crippen molar-refractivity contribution in [2.75, 3.05) is 6.61 Å². The molecule has 0 fully saturated rings. The predicted octanol–water partition coefficient (Wildman–Crippen LogP) is 3.54. The molecule has 0 unspecified atom stereocenters. The lowest BCUT2D eigenvalue weighted by Crippen LogP contribution is -2.10. The van der Waals surface area contributed by atoms with Crippen LogP contribution in [0.2, 0.25) is 0 Å². The second-order valence-electron chi connectivity index (χ2n) is 4.66. The number of nitrogens with zero attached hydrogens (tertiary/aromatic N) is 1. The average molecular weight is 311 g/mol. The number of hydrogen-bond donors (Lipinski definition) is 0. The smallest absolute Gasteiger partial charge is 0.342 e. The van der Waals surface area contributed by atoms with Gasteiger partial charge in [-0.25, -0.2) is 4.79 Å². The van der Waals surface area contributed by atoms with Crippen molar-refractivity contribution < 1.29 is 19.1 Å². The number of benzene rings is 2. The monoisotopic (exact) mass is 311 g/mol. The summed E-state index contributed by atoms with van der Waals surface area (Å²) < 4.78 is 10.0. The van der Waals surface area contributed by atoms with Gasteiger partial charge in [-0.3, -0.25) is 9.79 Å². The molecule has 0 radical (unpaired) electrons. The molecule has 118 valence electrons. The fourth-order valence-corrected chi connectivity index (χ4v) is 1.90. The highest BCUT2D eigenvalue weighted by Gasteiger charge is 2.16. The second kappa shape index (κ2) is 7.89. The molecule has 0 N–H and O–H groups in total. The van der Waals surface area contributed by atoms with E-state index in [9.17, 15) is 9.59 Å². The minimum Gasteiger partial charge on any atom is -0.462 e. The van der Waals surface area contributed by atoms with Crippen LogP contribution in [0.15, 0.2) is 53.5 Å². The van der Waals surface area contributed by atoms with Crippen LogP contribution in [0.4, 0.5) is 5.69 Å². The number of hydrogen-bond acceptors (Lipinski definition) is 5. The Bertz CT molecular complexity index is 723. The van der Waals surface area contributed by atoms with Crippen molar-refractivity contribution in [3.05, 3.63) is 59.7 Å². The molecule has 2 rings (SSSR count). The first-order valence-electron chi connectivity index (χ1n) is 7.19. The minimum absolute atomic E-state index is 0.162. The van der Waals surface area contributed by atoms with Gasteiger partial charge in [0.05, 0.1) is 12.3 Å². The van der Waals surface area contributed by atoms with Gasteiger partial charge in [0.15, 0.2) is 0 Å². The molecule has 0 amide bonds. The molecule has 0 bridgehead atoms. The van der Waals surface area contributed by atoms with Crippen molar-refractivity contribution in [1.82, 2.24) is 0 Å². The number of ether oxygens (including phenoxy) is 2. The lowest BCUT2D eigenvalue weighted by Gasteiger charge is -2.09. The van der Waals surface area contributed by atoms with E-state index < -0.39 is 11.9 Å². The Labute approximate surface area is 134 Å². The highest BCUT2D eigenvalue weighted by atomic mass is 16.5. The maximum absolute atomic E-state index is 12.0. The largest absolute Gasteiger partial charge is 0.462 e. The molecule has 5 nitrogen and oxygen atoms in total. The lowest BCUT2D eigenvalue weighted by molar-refractivity contribution is -0.131. The molecule has 0 saturated carbocycles. The van der Waals surface area contributed by atoms with Crippen molar-refractivity contribution in [3.63, 3.8) is 0 Å². The number of carbonyl (C=O) groups excluding carboxylic acids is 2. The van der Waals surface area contributed by atoms with Gasteiger partial charge in [0.25, 0.3) is 0 Å². The Kier molecular flexibility index (Phi) is 5.63. The van der Waals surface area contributed by atoms with Crippen LogP contribution in [-0.4, -0.2) is 24.8 Å². The Hall–Kier alpha value is -2.95. The summed E-state index contributed by atoms with van der Waals surface area (Å²) in [5.41, 5.74) is 1.67. The Balaban J connectivity index is 2.31. The third-order valence-corrected chi connectivity index (χ3v) is 2.87. The van der Waals surface area contributed by atoms with Crippen molar-refractivity contribution >= 4 is 23.8 Å². The first kappa shape index (κ1) is 16.4. The van der Waals surface area contributed by atoms with Gasteiger partial charge in [0.1, 0.15) is 11.3 Å². The van der Waals surface area contributed by atoms with E-state index in [1.54, 1.807) is 19.2 Å². The summed E-state index contributed by atoms with van der Waals surface area (Å²) in [4.78, 5) is 27.5. The van der Waals surface area contributed by atoms with Gasteiger partial charge >= 0.3 is 11.9 Å². The van der Waals surface area contributed by atoms with Crippen LogP contribution in [0.3, 0.4) is 0 Å². The molecule has 0 aromatic heterocycles. The molecule has 2 aromatic rings. The van der Waals surface area contributed by atoms with Crippen LogP contribution in [0, 0.1) is 0 Å². The van der Waals surface area contributed by atoms with Gasteiger partial charge in [0, 0.05) is 13.1 Å². The van der Waals surface area contributed by atoms with E-state index >= 15 is 0 Å². The van der Waals surface area contributed by atoms with Gasteiger partial charge in [-0.1, -0.05) is 30.3 Å². The van der Waals surface area contributed by atoms with Crippen LogP contribution in [0.5, 0.6) is 5.75 Å². The quantitative estimate of drug-likeness (QED) is 0.481. The summed E-state index contributed by atoms with van der Waals surface area (Å²) >= 11 is 0. The Morgan fingerprint density at radius 3 is 2.52 bits per heavy atom. The summed E-state index contributed by atoms with van der Waals surface area (Å²) in [5, 5.41) is 0. The first-order chi connectivity index (χ1) is 11.1. The molecular formula is C18H17NO4. The summed E-state index contributed by atoms with van der Waals surface area (Å²) in [6, 6.07) is 14.3. The van der Waals surface area contributed by atoms with Crippen LogP contribution < -0.4 is 4.74 Å². The number of carbonyl (C=O) groups is 2. The minimum atomic E-state index is -0.555. The van der Waals surface area contributed by atoms with Crippen LogP contribution in [-0.2, 0) is 9.53 Å². The number of rotatable bonds is 5. The summed E-state index contributed by atoms with van der Waals surface area (Å²) in [5.74, 6) is -0.897. The summed E-state index contributed by atoms with van der Waals surface area (Å²) in [6.45, 7) is 3.22. The molecule has 0 saturated heterocycles. The van der Waals surface area contributed by atoms with Crippen LogP contribution in [0.1, 0.15) is 29.8 Å². The summed E-state index contributed by atoms with van der Waals surface area (Å²) in [6.07, 6.45) is 1.69. The van der Waals surface area contributed by atoms with Crippen molar-refractivity contribution in [1.29, 1.82) is 0 Å². The SMILES string of the molecule is CCOC(=O)c1cc(/N=C/c2ccccc2)ccc1OC(C)=O. The van der Waals surface area contributed by atoms with E-state index in [0.717, 1.165) is 5.56 Å². The molecule has 0 spiro atoms. The number of aliphatic imine (C=N–C) groups is 1. The Morgan fingerprint density at radius 1 is 1.13 bits per heavy atom. The molecule has 0 aliphatic carbocycles. The second-order valence-corrected chi connectivity index (χ2v) is 4.66. The molecule has 2 aromatic carbocycles.